The highest BCUT2D eigenvalue weighted by atomic mass is 16.6. The zero-order chi connectivity index (χ0) is 18.2. The van der Waals surface area contributed by atoms with E-state index in [0.29, 0.717) is 12.4 Å². The molecule has 0 fully saturated rings. The molecule has 0 spiro atoms. The summed E-state index contributed by atoms with van der Waals surface area (Å²) in [6.07, 6.45) is 1.24. The summed E-state index contributed by atoms with van der Waals surface area (Å²) >= 11 is 0. The van der Waals surface area contributed by atoms with Crippen LogP contribution < -0.4 is 21.3 Å². The first-order valence-electron chi connectivity index (χ1n) is 7.57. The molecule has 1 atom stereocenters. The molecule has 0 radical (unpaired) electrons. The highest BCUT2D eigenvalue weighted by Gasteiger charge is 2.24. The second-order valence-corrected chi connectivity index (χ2v) is 6.16. The van der Waals surface area contributed by atoms with Gasteiger partial charge < -0.3 is 14.8 Å². The maximum atomic E-state index is 11.9. The van der Waals surface area contributed by atoms with Crippen LogP contribution in [0.3, 0.4) is 0 Å². The second kappa shape index (κ2) is 8.93. The Bertz CT molecular complexity index is 564. The molecule has 2 amide bonds. The molecular formula is C17H25N3O4. The summed E-state index contributed by atoms with van der Waals surface area (Å²) in [5, 5.41) is 2.52. The Balaban J connectivity index is 2.73. The fourth-order valence-corrected chi connectivity index (χ4v) is 1.87. The van der Waals surface area contributed by atoms with Gasteiger partial charge in [-0.15, -0.1) is 0 Å². The van der Waals surface area contributed by atoms with Crippen LogP contribution in [0.5, 0.6) is 5.75 Å². The molecule has 1 rings (SSSR count). The van der Waals surface area contributed by atoms with Crippen LogP contribution in [-0.2, 0) is 16.0 Å². The molecule has 0 saturated carbocycles. The first-order valence-corrected chi connectivity index (χ1v) is 7.57. The lowest BCUT2D eigenvalue weighted by molar-refractivity contribution is -0.123. The van der Waals surface area contributed by atoms with Gasteiger partial charge in [-0.1, -0.05) is 24.8 Å². The van der Waals surface area contributed by atoms with Gasteiger partial charge in [0.2, 0.25) is 0 Å². The van der Waals surface area contributed by atoms with Crippen LogP contribution in [0.15, 0.2) is 36.9 Å². The van der Waals surface area contributed by atoms with Crippen LogP contribution in [0.25, 0.3) is 0 Å². The minimum absolute atomic E-state index is 0.268. The highest BCUT2D eigenvalue weighted by molar-refractivity contribution is 5.85. The lowest BCUT2D eigenvalue weighted by Crippen LogP contribution is -2.51. The topological polar surface area (TPSA) is 103 Å². The largest absolute Gasteiger partial charge is 0.490 e. The Morgan fingerprint density at radius 3 is 2.42 bits per heavy atom. The van der Waals surface area contributed by atoms with Gasteiger partial charge in [-0.25, -0.2) is 10.6 Å². The predicted molar refractivity (Wildman–Crippen MR) is 91.3 cm³/mol. The van der Waals surface area contributed by atoms with Crippen molar-refractivity contribution in [1.29, 1.82) is 0 Å². The zero-order valence-corrected chi connectivity index (χ0v) is 14.3. The van der Waals surface area contributed by atoms with E-state index in [0.717, 1.165) is 5.56 Å². The number of benzene rings is 1. The van der Waals surface area contributed by atoms with Gasteiger partial charge >= 0.3 is 6.09 Å². The van der Waals surface area contributed by atoms with Crippen molar-refractivity contribution in [2.24, 2.45) is 5.84 Å². The van der Waals surface area contributed by atoms with Crippen molar-refractivity contribution in [3.8, 4) is 5.75 Å². The molecule has 0 aromatic heterocycles. The molecule has 7 heteroatoms. The van der Waals surface area contributed by atoms with Crippen molar-refractivity contribution in [3.05, 3.63) is 42.5 Å². The molecule has 24 heavy (non-hydrogen) atoms. The molecular weight excluding hydrogens is 310 g/mol. The van der Waals surface area contributed by atoms with Gasteiger partial charge in [-0.05, 0) is 38.5 Å². The number of hydrogen-bond acceptors (Lipinski definition) is 5. The van der Waals surface area contributed by atoms with Crippen LogP contribution in [-0.4, -0.2) is 30.3 Å². The van der Waals surface area contributed by atoms with E-state index >= 15 is 0 Å². The number of ether oxygens (including phenoxy) is 2. The lowest BCUT2D eigenvalue weighted by Gasteiger charge is -2.23. The maximum absolute atomic E-state index is 11.9. The molecule has 0 bridgehead atoms. The monoisotopic (exact) mass is 335 g/mol. The van der Waals surface area contributed by atoms with E-state index in [-0.39, 0.29) is 6.42 Å². The fourth-order valence-electron chi connectivity index (χ4n) is 1.87. The average Bonchev–Trinajstić information content (AvgIpc) is 2.51. The van der Waals surface area contributed by atoms with Crippen molar-refractivity contribution in [3.63, 3.8) is 0 Å². The molecule has 0 unspecified atom stereocenters. The van der Waals surface area contributed by atoms with E-state index in [1.165, 1.54) is 0 Å². The van der Waals surface area contributed by atoms with Crippen molar-refractivity contribution >= 4 is 12.0 Å². The van der Waals surface area contributed by atoms with Crippen LogP contribution in [0.4, 0.5) is 4.79 Å². The first-order chi connectivity index (χ1) is 11.2. The molecule has 132 valence electrons. The first kappa shape index (κ1) is 19.5. The molecule has 0 aliphatic carbocycles. The number of amides is 2. The molecule has 0 aliphatic heterocycles. The van der Waals surface area contributed by atoms with E-state index in [4.69, 9.17) is 15.3 Å². The van der Waals surface area contributed by atoms with Gasteiger partial charge in [0.15, 0.2) is 0 Å². The molecule has 1 aromatic carbocycles. The van der Waals surface area contributed by atoms with Gasteiger partial charge in [-0.2, -0.15) is 0 Å². The number of carbonyl (C=O) groups is 2. The summed E-state index contributed by atoms with van der Waals surface area (Å²) in [5.74, 6) is 5.37. The number of hydrogen-bond donors (Lipinski definition) is 3. The second-order valence-electron chi connectivity index (χ2n) is 6.16. The summed E-state index contributed by atoms with van der Waals surface area (Å²) in [6.45, 7) is 9.22. The zero-order valence-electron chi connectivity index (χ0n) is 14.3. The SMILES string of the molecule is C=CCOc1ccc(C[C@H](NC(=O)OC(C)(C)C)C(=O)NN)cc1. The van der Waals surface area contributed by atoms with Gasteiger partial charge in [0.25, 0.3) is 5.91 Å². The molecule has 4 N–H and O–H groups in total. The number of hydrazine groups is 1. The molecule has 0 aliphatic rings. The molecule has 0 heterocycles. The van der Waals surface area contributed by atoms with Gasteiger partial charge in [0.1, 0.15) is 24.0 Å². The van der Waals surface area contributed by atoms with Gasteiger partial charge in [0.05, 0.1) is 0 Å². The van der Waals surface area contributed by atoms with Gasteiger partial charge in [-0.3, -0.25) is 10.2 Å². The number of nitrogens with two attached hydrogens (primary N) is 1. The lowest BCUT2D eigenvalue weighted by atomic mass is 10.1. The van der Waals surface area contributed by atoms with E-state index in [1.54, 1.807) is 39.0 Å². The minimum Gasteiger partial charge on any atom is -0.490 e. The average molecular weight is 335 g/mol. The normalized spacial score (nSPS) is 12.0. The Hall–Kier alpha value is -2.54. The van der Waals surface area contributed by atoms with E-state index in [1.807, 2.05) is 17.6 Å². The Kier molecular flexibility index (Phi) is 7.26. The quantitative estimate of drug-likeness (QED) is 0.304. The molecule has 1 aromatic rings. The Morgan fingerprint density at radius 1 is 1.29 bits per heavy atom. The van der Waals surface area contributed by atoms with Crippen LogP contribution >= 0.6 is 0 Å². The van der Waals surface area contributed by atoms with Gasteiger partial charge in [0, 0.05) is 6.42 Å². The standard InChI is InChI=1S/C17H25N3O4/c1-5-10-23-13-8-6-12(7-9-13)11-14(15(21)20-18)19-16(22)24-17(2,3)4/h5-9,14H,1,10-11,18H2,2-4H3,(H,19,22)(H,20,21)/t14-/m0/s1. The molecule has 0 saturated heterocycles. The summed E-state index contributed by atoms with van der Waals surface area (Å²) < 4.78 is 10.6. The summed E-state index contributed by atoms with van der Waals surface area (Å²) in [5.41, 5.74) is 2.23. The summed E-state index contributed by atoms with van der Waals surface area (Å²) in [6, 6.07) is 6.34. The predicted octanol–water partition coefficient (Wildman–Crippen LogP) is 1.68. The van der Waals surface area contributed by atoms with Crippen LogP contribution in [0, 0.1) is 0 Å². The number of nitrogens with one attached hydrogen (secondary N) is 2. The molecule has 7 nitrogen and oxygen atoms in total. The number of alkyl carbamates (subject to hydrolysis) is 1. The third kappa shape index (κ3) is 7.15. The maximum Gasteiger partial charge on any atom is 0.408 e. The van der Waals surface area contributed by atoms with Crippen LogP contribution in [0.2, 0.25) is 0 Å². The van der Waals surface area contributed by atoms with E-state index in [9.17, 15) is 9.59 Å². The van der Waals surface area contributed by atoms with Crippen molar-refractivity contribution < 1.29 is 19.1 Å². The minimum atomic E-state index is -0.843. The fraction of sp³-hybridized carbons (Fsp3) is 0.412. The highest BCUT2D eigenvalue weighted by Crippen LogP contribution is 2.14. The van der Waals surface area contributed by atoms with Crippen LogP contribution in [0.1, 0.15) is 26.3 Å². The third-order valence-electron chi connectivity index (χ3n) is 2.88. The summed E-state index contributed by atoms with van der Waals surface area (Å²) in [4.78, 5) is 23.8. The third-order valence-corrected chi connectivity index (χ3v) is 2.88. The van der Waals surface area contributed by atoms with Crippen molar-refractivity contribution in [2.45, 2.75) is 38.8 Å². The van der Waals surface area contributed by atoms with E-state index in [2.05, 4.69) is 11.9 Å². The summed E-state index contributed by atoms with van der Waals surface area (Å²) in [7, 11) is 0. The van der Waals surface area contributed by atoms with Crippen molar-refractivity contribution in [2.75, 3.05) is 6.61 Å². The number of rotatable bonds is 7. The number of carbonyl (C=O) groups excluding carboxylic acids is 2. The Labute approximate surface area is 142 Å². The van der Waals surface area contributed by atoms with Crippen molar-refractivity contribution in [1.82, 2.24) is 10.7 Å². The smallest absolute Gasteiger partial charge is 0.408 e. The van der Waals surface area contributed by atoms with E-state index < -0.39 is 23.6 Å². The Morgan fingerprint density at radius 2 is 1.92 bits per heavy atom.